The maximum atomic E-state index is 11.6. The Morgan fingerprint density at radius 3 is 3.00 bits per heavy atom. The summed E-state index contributed by atoms with van der Waals surface area (Å²) in [4.78, 5) is 15.9. The summed E-state index contributed by atoms with van der Waals surface area (Å²) in [6.07, 6.45) is 2.52. The van der Waals surface area contributed by atoms with E-state index in [2.05, 4.69) is 16.4 Å². The van der Waals surface area contributed by atoms with Crippen molar-refractivity contribution in [2.45, 2.75) is 19.3 Å². The zero-order valence-corrected chi connectivity index (χ0v) is 13.1. The van der Waals surface area contributed by atoms with Crippen LogP contribution in [0.1, 0.15) is 35.2 Å². The van der Waals surface area contributed by atoms with E-state index in [1.165, 1.54) is 11.8 Å². The monoisotopic (exact) mass is 312 g/mol. The van der Waals surface area contributed by atoms with Gasteiger partial charge >= 0.3 is 5.97 Å². The number of pyridine rings is 1. The van der Waals surface area contributed by atoms with Gasteiger partial charge in [0.15, 0.2) is 0 Å². The average Bonchev–Trinajstić information content (AvgIpc) is 2.60. The largest absolute Gasteiger partial charge is 0.493 e. The fourth-order valence-corrected chi connectivity index (χ4v) is 2.69. The number of nitrogens with one attached hydrogen (secondary N) is 1. The molecule has 1 aromatic carbocycles. The number of hydrogen-bond donors (Lipinski definition) is 1. The first-order valence-electron chi connectivity index (χ1n) is 7.86. The summed E-state index contributed by atoms with van der Waals surface area (Å²) in [5, 5.41) is 3.33. The van der Waals surface area contributed by atoms with Gasteiger partial charge in [-0.3, -0.25) is 0 Å². The number of carbonyl (C=O) groups is 1. The molecular formula is C18H20N2O3. The fourth-order valence-electron chi connectivity index (χ4n) is 2.69. The minimum atomic E-state index is -0.343. The standard InChI is InChI=1S/C18H20N2O3/c1-2-22-18(21)14-7-8-17(20-12-14)19-11-13-9-10-23-16-6-4-3-5-15(13)16/h3-8,12-13H,2,9-11H2,1H3,(H,19,20). The van der Waals surface area contributed by atoms with Crippen molar-refractivity contribution >= 4 is 11.8 Å². The highest BCUT2D eigenvalue weighted by molar-refractivity contribution is 5.89. The number of nitrogens with zero attached hydrogens (tertiary/aromatic N) is 1. The van der Waals surface area contributed by atoms with Crippen LogP contribution in [-0.2, 0) is 4.74 Å². The number of aromatic nitrogens is 1. The van der Waals surface area contributed by atoms with Crippen LogP contribution in [0.3, 0.4) is 0 Å². The highest BCUT2D eigenvalue weighted by Gasteiger charge is 2.20. The summed E-state index contributed by atoms with van der Waals surface area (Å²) in [7, 11) is 0. The Kier molecular flexibility index (Phi) is 4.76. The number of carbonyl (C=O) groups excluding carboxylic acids is 1. The van der Waals surface area contributed by atoms with E-state index >= 15 is 0 Å². The molecule has 1 aliphatic heterocycles. The van der Waals surface area contributed by atoms with Crippen LogP contribution in [0.25, 0.3) is 0 Å². The molecule has 0 spiro atoms. The van der Waals surface area contributed by atoms with Crippen LogP contribution < -0.4 is 10.1 Å². The number of fused-ring (bicyclic) bond motifs is 1. The minimum absolute atomic E-state index is 0.343. The summed E-state index contributed by atoms with van der Waals surface area (Å²) in [6.45, 7) is 3.67. The van der Waals surface area contributed by atoms with Crippen molar-refractivity contribution < 1.29 is 14.3 Å². The van der Waals surface area contributed by atoms with Gasteiger partial charge in [0.2, 0.25) is 0 Å². The first-order chi connectivity index (χ1) is 11.3. The number of esters is 1. The van der Waals surface area contributed by atoms with Gasteiger partial charge in [0.25, 0.3) is 0 Å². The lowest BCUT2D eigenvalue weighted by atomic mass is 9.93. The van der Waals surface area contributed by atoms with Crippen LogP contribution in [0.2, 0.25) is 0 Å². The molecule has 0 fully saturated rings. The Hall–Kier alpha value is -2.56. The number of ether oxygens (including phenoxy) is 2. The molecule has 0 bridgehead atoms. The van der Waals surface area contributed by atoms with Crippen LogP contribution in [0.15, 0.2) is 42.6 Å². The normalized spacial score (nSPS) is 16.1. The van der Waals surface area contributed by atoms with Gasteiger partial charge in [0.05, 0.1) is 18.8 Å². The lowest BCUT2D eigenvalue weighted by molar-refractivity contribution is 0.0526. The Balaban J connectivity index is 1.62. The number of anilines is 1. The van der Waals surface area contributed by atoms with E-state index in [9.17, 15) is 4.79 Å². The van der Waals surface area contributed by atoms with Crippen molar-refractivity contribution in [2.24, 2.45) is 0 Å². The zero-order valence-electron chi connectivity index (χ0n) is 13.1. The van der Waals surface area contributed by atoms with Gasteiger partial charge in [0, 0.05) is 18.7 Å². The van der Waals surface area contributed by atoms with E-state index < -0.39 is 0 Å². The average molecular weight is 312 g/mol. The molecule has 1 aromatic heterocycles. The molecule has 0 radical (unpaired) electrons. The third-order valence-corrected chi connectivity index (χ3v) is 3.89. The molecule has 23 heavy (non-hydrogen) atoms. The quantitative estimate of drug-likeness (QED) is 0.859. The van der Waals surface area contributed by atoms with Crippen molar-refractivity contribution in [1.82, 2.24) is 4.98 Å². The Labute approximate surface area is 135 Å². The molecule has 1 atom stereocenters. The van der Waals surface area contributed by atoms with Crippen LogP contribution in [0.4, 0.5) is 5.82 Å². The molecule has 120 valence electrons. The van der Waals surface area contributed by atoms with Gasteiger partial charge in [-0.05, 0) is 37.1 Å². The van der Waals surface area contributed by atoms with Gasteiger partial charge in [-0.2, -0.15) is 0 Å². The molecule has 3 rings (SSSR count). The van der Waals surface area contributed by atoms with Gasteiger partial charge in [-0.25, -0.2) is 9.78 Å². The highest BCUT2D eigenvalue weighted by Crippen LogP contribution is 2.33. The lowest BCUT2D eigenvalue weighted by Crippen LogP contribution is -2.21. The maximum Gasteiger partial charge on any atom is 0.339 e. The molecule has 0 saturated carbocycles. The SMILES string of the molecule is CCOC(=O)c1ccc(NCC2CCOc3ccccc32)nc1. The van der Waals surface area contributed by atoms with Crippen molar-refractivity contribution in [3.8, 4) is 5.75 Å². The summed E-state index contributed by atoms with van der Waals surface area (Å²) >= 11 is 0. The number of benzene rings is 1. The molecule has 0 saturated heterocycles. The molecule has 1 N–H and O–H groups in total. The first-order valence-corrected chi connectivity index (χ1v) is 7.86. The van der Waals surface area contributed by atoms with E-state index in [-0.39, 0.29) is 5.97 Å². The molecule has 0 amide bonds. The van der Waals surface area contributed by atoms with Gasteiger partial charge < -0.3 is 14.8 Å². The van der Waals surface area contributed by atoms with E-state index in [0.717, 1.165) is 31.1 Å². The summed E-state index contributed by atoms with van der Waals surface area (Å²) in [5.74, 6) is 1.77. The molecular weight excluding hydrogens is 292 g/mol. The minimum Gasteiger partial charge on any atom is -0.493 e. The molecule has 0 aliphatic carbocycles. The second-order valence-corrected chi connectivity index (χ2v) is 5.41. The molecule has 1 unspecified atom stereocenters. The van der Waals surface area contributed by atoms with Gasteiger partial charge in [-0.1, -0.05) is 18.2 Å². The van der Waals surface area contributed by atoms with E-state index in [1.807, 2.05) is 18.2 Å². The lowest BCUT2D eigenvalue weighted by Gasteiger charge is -2.26. The molecule has 5 nitrogen and oxygen atoms in total. The predicted octanol–water partition coefficient (Wildman–Crippen LogP) is 3.24. The summed E-state index contributed by atoms with van der Waals surface area (Å²) < 4.78 is 10.6. The van der Waals surface area contributed by atoms with Crippen LogP contribution in [0.5, 0.6) is 5.75 Å². The van der Waals surface area contributed by atoms with E-state index in [0.29, 0.717) is 18.1 Å². The van der Waals surface area contributed by atoms with E-state index in [4.69, 9.17) is 9.47 Å². The van der Waals surface area contributed by atoms with E-state index in [1.54, 1.807) is 19.1 Å². The molecule has 2 aromatic rings. The third-order valence-electron chi connectivity index (χ3n) is 3.89. The van der Waals surface area contributed by atoms with Gasteiger partial charge in [-0.15, -0.1) is 0 Å². The van der Waals surface area contributed by atoms with Crippen molar-refractivity contribution in [2.75, 3.05) is 25.1 Å². The molecule has 2 heterocycles. The smallest absolute Gasteiger partial charge is 0.339 e. The fraction of sp³-hybridized carbons (Fsp3) is 0.333. The molecule has 5 heteroatoms. The molecule has 1 aliphatic rings. The second kappa shape index (κ2) is 7.13. The number of para-hydroxylation sites is 1. The third kappa shape index (κ3) is 3.62. The Morgan fingerprint density at radius 1 is 1.35 bits per heavy atom. The topological polar surface area (TPSA) is 60.5 Å². The first kappa shape index (κ1) is 15.3. The summed E-state index contributed by atoms with van der Waals surface area (Å²) in [5.41, 5.74) is 1.70. The van der Waals surface area contributed by atoms with Crippen molar-refractivity contribution in [1.29, 1.82) is 0 Å². The Bertz CT molecular complexity index is 670. The summed E-state index contributed by atoms with van der Waals surface area (Å²) in [6, 6.07) is 11.7. The van der Waals surface area contributed by atoms with Crippen LogP contribution in [0, 0.1) is 0 Å². The maximum absolute atomic E-state index is 11.6. The van der Waals surface area contributed by atoms with Crippen molar-refractivity contribution in [3.63, 3.8) is 0 Å². The Morgan fingerprint density at radius 2 is 2.22 bits per heavy atom. The van der Waals surface area contributed by atoms with Gasteiger partial charge in [0.1, 0.15) is 11.6 Å². The highest BCUT2D eigenvalue weighted by atomic mass is 16.5. The van der Waals surface area contributed by atoms with Crippen LogP contribution in [-0.4, -0.2) is 30.7 Å². The van der Waals surface area contributed by atoms with Crippen LogP contribution >= 0.6 is 0 Å². The predicted molar refractivity (Wildman–Crippen MR) is 88.0 cm³/mol. The number of rotatable bonds is 5. The second-order valence-electron chi connectivity index (χ2n) is 5.41. The number of hydrogen-bond acceptors (Lipinski definition) is 5. The van der Waals surface area contributed by atoms with Crippen molar-refractivity contribution in [3.05, 3.63) is 53.7 Å². The zero-order chi connectivity index (χ0) is 16.1.